The number of methoxy groups -OCH3 is 1. The van der Waals surface area contributed by atoms with E-state index in [9.17, 15) is 29.7 Å². The van der Waals surface area contributed by atoms with Crippen molar-refractivity contribution in [3.05, 3.63) is 189 Å². The average Bonchev–Trinajstić information content (AvgIpc) is 3.36. The van der Waals surface area contributed by atoms with Gasteiger partial charge in [-0.15, -0.1) is 0 Å². The van der Waals surface area contributed by atoms with E-state index in [1.165, 1.54) is 24.8 Å². The number of fused-ring (bicyclic) bond motifs is 1. The first-order valence-electron chi connectivity index (χ1n) is 21.9. The third-order valence-corrected chi connectivity index (χ3v) is 12.1. The molecule has 1 fully saturated rings. The van der Waals surface area contributed by atoms with E-state index in [-0.39, 0.29) is 48.3 Å². The fourth-order valence-electron chi connectivity index (χ4n) is 8.35. The van der Waals surface area contributed by atoms with E-state index in [2.05, 4.69) is 55.0 Å². The van der Waals surface area contributed by atoms with Gasteiger partial charge in [0.05, 0.1) is 43.3 Å². The number of carbonyl (C=O) groups is 2. The summed E-state index contributed by atoms with van der Waals surface area (Å²) in [5.74, 6) is -0.507. The average molecular weight is 889 g/mol. The standard InChI is InChI=1S/C52H52N6O8/c1-65-47-28-37(15-16-38(47)29-53-31-46(60)42-18-21-45(59)49-43(42)19-22-48(61)55-49)50(62)54-30-41-17-20-44(57-56-41)36-11-8-14-40(27-36)52(64,39-12-6-3-7-13-39)51(63)66-33-35-23-25-58(26-24-35)32-34-9-4-2-5-10-34/h2-22,27-28,35,46,53,59-60,64H,23-26,29-33H2,1H3,(H,54,62)(H,55,61)/t46-,52-/m0/s1. The van der Waals surface area contributed by atoms with Crippen LogP contribution in [0.2, 0.25) is 0 Å². The van der Waals surface area contributed by atoms with Crippen molar-refractivity contribution in [1.82, 2.24) is 30.7 Å². The van der Waals surface area contributed by atoms with Crippen LogP contribution < -0.4 is 20.9 Å². The molecule has 14 heteroatoms. The summed E-state index contributed by atoms with van der Waals surface area (Å²) >= 11 is 0. The lowest BCUT2D eigenvalue weighted by Gasteiger charge is -2.33. The number of aromatic amines is 1. The second kappa shape index (κ2) is 20.7. The smallest absolute Gasteiger partial charge is 0.347 e. The summed E-state index contributed by atoms with van der Waals surface area (Å²) in [5.41, 5.74) is 3.15. The molecule has 2 aromatic heterocycles. The molecule has 1 saturated heterocycles. The van der Waals surface area contributed by atoms with Gasteiger partial charge in [-0.25, -0.2) is 4.79 Å². The van der Waals surface area contributed by atoms with Crippen molar-refractivity contribution in [3.63, 3.8) is 0 Å². The van der Waals surface area contributed by atoms with Crippen molar-refractivity contribution in [3.8, 4) is 22.8 Å². The van der Waals surface area contributed by atoms with Crippen molar-refractivity contribution in [1.29, 1.82) is 0 Å². The normalized spacial score (nSPS) is 14.6. The number of pyridine rings is 1. The van der Waals surface area contributed by atoms with E-state index < -0.39 is 17.7 Å². The molecule has 0 radical (unpaired) electrons. The predicted molar refractivity (Wildman–Crippen MR) is 249 cm³/mol. The second-order valence-corrected chi connectivity index (χ2v) is 16.5. The van der Waals surface area contributed by atoms with Gasteiger partial charge in [0.15, 0.2) is 0 Å². The molecule has 1 amide bonds. The number of esters is 1. The molecule has 0 aliphatic carbocycles. The molecule has 3 heterocycles. The van der Waals surface area contributed by atoms with Gasteiger partial charge < -0.3 is 40.4 Å². The van der Waals surface area contributed by atoms with Crippen molar-refractivity contribution in [2.75, 3.05) is 33.4 Å². The summed E-state index contributed by atoms with van der Waals surface area (Å²) < 4.78 is 11.5. The Balaban J connectivity index is 0.863. The van der Waals surface area contributed by atoms with Crippen molar-refractivity contribution < 1.29 is 34.4 Å². The predicted octanol–water partition coefficient (Wildman–Crippen LogP) is 6.14. The highest BCUT2D eigenvalue weighted by molar-refractivity contribution is 5.94. The fourth-order valence-corrected chi connectivity index (χ4v) is 8.35. The number of likely N-dealkylation sites (tertiary alicyclic amines) is 1. The lowest BCUT2D eigenvalue weighted by atomic mass is 9.85. The van der Waals surface area contributed by atoms with Gasteiger partial charge in [-0.1, -0.05) is 91.0 Å². The number of benzene rings is 5. The number of amides is 1. The molecule has 1 aliphatic rings. The minimum Gasteiger partial charge on any atom is -0.506 e. The van der Waals surface area contributed by atoms with Crippen LogP contribution in [0.3, 0.4) is 0 Å². The maximum atomic E-state index is 14.0. The Labute approximate surface area is 381 Å². The largest absolute Gasteiger partial charge is 0.506 e. The molecule has 7 aromatic rings. The molecule has 66 heavy (non-hydrogen) atoms. The van der Waals surface area contributed by atoms with Gasteiger partial charge in [0.25, 0.3) is 5.91 Å². The Morgan fingerprint density at radius 1 is 0.848 bits per heavy atom. The summed E-state index contributed by atoms with van der Waals surface area (Å²) in [5, 5.41) is 48.8. The number of phenolic OH excluding ortho intramolecular Hbond substituents is 1. The van der Waals surface area contributed by atoms with Crippen LogP contribution in [0.25, 0.3) is 22.2 Å². The first kappa shape index (κ1) is 45.3. The summed E-state index contributed by atoms with van der Waals surface area (Å²) in [4.78, 5) is 44.0. The molecule has 2 atom stereocenters. The molecule has 14 nitrogen and oxygen atoms in total. The first-order chi connectivity index (χ1) is 32.1. The second-order valence-electron chi connectivity index (χ2n) is 16.5. The highest BCUT2D eigenvalue weighted by Crippen LogP contribution is 2.34. The molecule has 0 bridgehead atoms. The van der Waals surface area contributed by atoms with Crippen LogP contribution in [0.1, 0.15) is 62.8 Å². The highest BCUT2D eigenvalue weighted by atomic mass is 16.5. The van der Waals surface area contributed by atoms with Crippen LogP contribution in [0.5, 0.6) is 11.5 Å². The molecular weight excluding hydrogens is 837 g/mol. The summed E-state index contributed by atoms with van der Waals surface area (Å²) in [6.07, 6.45) is 0.839. The topological polar surface area (TPSA) is 199 Å². The zero-order chi connectivity index (χ0) is 46.0. The number of nitrogens with one attached hydrogen (secondary N) is 3. The van der Waals surface area contributed by atoms with E-state index in [1.54, 1.807) is 84.9 Å². The maximum absolute atomic E-state index is 14.0. The monoisotopic (exact) mass is 888 g/mol. The van der Waals surface area contributed by atoms with Crippen LogP contribution in [-0.2, 0) is 34.8 Å². The summed E-state index contributed by atoms with van der Waals surface area (Å²) in [6, 6.07) is 40.7. The van der Waals surface area contributed by atoms with Crippen molar-refractivity contribution in [2.24, 2.45) is 5.92 Å². The molecule has 0 saturated carbocycles. The molecule has 5 aromatic carbocycles. The van der Waals surface area contributed by atoms with Crippen molar-refractivity contribution in [2.45, 2.75) is 44.2 Å². The maximum Gasteiger partial charge on any atom is 0.347 e. The number of phenols is 1. The van der Waals surface area contributed by atoms with E-state index >= 15 is 0 Å². The Hall–Kier alpha value is -7.23. The van der Waals surface area contributed by atoms with Gasteiger partial charge >= 0.3 is 5.97 Å². The van der Waals surface area contributed by atoms with E-state index in [0.29, 0.717) is 56.9 Å². The number of piperidine rings is 1. The third kappa shape index (κ3) is 10.5. The van der Waals surface area contributed by atoms with Crippen LogP contribution in [0.15, 0.2) is 144 Å². The summed E-state index contributed by atoms with van der Waals surface area (Å²) in [6.45, 7) is 3.50. The Morgan fingerprint density at radius 2 is 1.61 bits per heavy atom. The molecule has 0 spiro atoms. The molecule has 338 valence electrons. The number of aromatic nitrogens is 3. The molecule has 8 rings (SSSR count). The van der Waals surface area contributed by atoms with Gasteiger partial charge in [0.2, 0.25) is 11.2 Å². The number of rotatable bonds is 17. The number of hydrogen-bond acceptors (Lipinski definition) is 12. The molecule has 0 unspecified atom stereocenters. The van der Waals surface area contributed by atoms with Gasteiger partial charge in [0, 0.05) is 53.3 Å². The Kier molecular flexibility index (Phi) is 14.2. The third-order valence-electron chi connectivity index (χ3n) is 12.1. The quantitative estimate of drug-likeness (QED) is 0.0572. The van der Waals surface area contributed by atoms with Gasteiger partial charge in [-0.3, -0.25) is 14.5 Å². The first-order valence-corrected chi connectivity index (χ1v) is 21.9. The number of aromatic hydroxyl groups is 1. The Bertz CT molecular complexity index is 2830. The van der Waals surface area contributed by atoms with Crippen LogP contribution >= 0.6 is 0 Å². The minimum atomic E-state index is -2.07. The molecule has 6 N–H and O–H groups in total. The number of ether oxygens (including phenoxy) is 2. The zero-order valence-electron chi connectivity index (χ0n) is 36.5. The SMILES string of the molecule is COc1cc(C(=O)NCc2ccc(-c3cccc([C@](O)(C(=O)OCC4CCN(Cc5ccccc5)CC4)c4ccccc4)c3)nn2)ccc1CNC[C@H](O)c1ccc(O)c2[nH]c(=O)ccc12. The van der Waals surface area contributed by atoms with Gasteiger partial charge in [-0.05, 0) is 91.0 Å². The van der Waals surface area contributed by atoms with Gasteiger partial charge in [-0.2, -0.15) is 10.2 Å². The lowest BCUT2D eigenvalue weighted by molar-refractivity contribution is -0.164. The number of nitrogens with zero attached hydrogens (tertiary/aromatic N) is 3. The number of hydrogen-bond donors (Lipinski definition) is 6. The Morgan fingerprint density at radius 3 is 2.35 bits per heavy atom. The fraction of sp³-hybridized carbons (Fsp3) is 0.250. The van der Waals surface area contributed by atoms with Crippen LogP contribution in [0, 0.1) is 5.92 Å². The minimum absolute atomic E-state index is 0.0856. The summed E-state index contributed by atoms with van der Waals surface area (Å²) in [7, 11) is 1.51. The molecular formula is C52H52N6O8. The van der Waals surface area contributed by atoms with Gasteiger partial charge in [0.1, 0.15) is 11.5 Å². The number of H-pyrrole nitrogens is 1. The highest BCUT2D eigenvalue weighted by Gasteiger charge is 2.42. The molecule has 1 aliphatic heterocycles. The van der Waals surface area contributed by atoms with Crippen LogP contribution in [0.4, 0.5) is 0 Å². The van der Waals surface area contributed by atoms with E-state index in [0.717, 1.165) is 38.0 Å². The zero-order valence-corrected chi connectivity index (χ0v) is 36.5. The van der Waals surface area contributed by atoms with E-state index in [4.69, 9.17) is 9.47 Å². The lowest BCUT2D eigenvalue weighted by Crippen LogP contribution is -2.40. The van der Waals surface area contributed by atoms with Crippen LogP contribution in [-0.4, -0.2) is 80.6 Å². The van der Waals surface area contributed by atoms with Crippen molar-refractivity contribution >= 4 is 22.8 Å². The number of carbonyl (C=O) groups excluding carboxylic acids is 2. The number of aliphatic hydroxyl groups excluding tert-OH is 1. The number of aliphatic hydroxyl groups is 2. The van der Waals surface area contributed by atoms with E-state index in [1.807, 2.05) is 18.2 Å².